The van der Waals surface area contributed by atoms with Gasteiger partial charge in [-0.15, -0.1) is 0 Å². The zero-order valence-electron chi connectivity index (χ0n) is 23.7. The summed E-state index contributed by atoms with van der Waals surface area (Å²) in [6, 6.07) is 8.18. The molecule has 0 fully saturated rings. The van der Waals surface area contributed by atoms with Crippen molar-refractivity contribution >= 4 is 23.7 Å². The highest BCUT2D eigenvalue weighted by Gasteiger charge is 2.37. The number of fused-ring (bicyclic) bond motifs is 1. The van der Waals surface area contributed by atoms with Crippen molar-refractivity contribution in [3.63, 3.8) is 0 Å². The Bertz CT molecular complexity index is 1220. The average Bonchev–Trinajstić information content (AvgIpc) is 3.31. The third-order valence-electron chi connectivity index (χ3n) is 7.21. The summed E-state index contributed by atoms with van der Waals surface area (Å²) in [5.74, 6) is 0.336. The number of benzene rings is 2. The summed E-state index contributed by atoms with van der Waals surface area (Å²) in [4.78, 5) is 39.9. The van der Waals surface area contributed by atoms with Gasteiger partial charge in [-0.2, -0.15) is 0 Å². The number of carbonyl (C=O) groups is 3. The topological polar surface area (TPSA) is 108 Å². The van der Waals surface area contributed by atoms with Gasteiger partial charge in [-0.1, -0.05) is 56.5 Å². The molecule has 1 unspecified atom stereocenters. The number of hydrogen-bond donors (Lipinski definition) is 1. The molecule has 1 atom stereocenters. The van der Waals surface area contributed by atoms with Crippen LogP contribution in [0.5, 0.6) is 11.5 Å². The van der Waals surface area contributed by atoms with Crippen LogP contribution in [0.3, 0.4) is 0 Å². The zero-order valence-corrected chi connectivity index (χ0v) is 23.7. The summed E-state index contributed by atoms with van der Waals surface area (Å²) in [6.07, 6.45) is 6.44. The monoisotopic (exact) mass is 536 g/mol. The lowest BCUT2D eigenvalue weighted by Gasteiger charge is -2.33. The van der Waals surface area contributed by atoms with Gasteiger partial charge in [0.1, 0.15) is 18.1 Å². The van der Waals surface area contributed by atoms with Crippen molar-refractivity contribution in [2.75, 3.05) is 12.0 Å². The fourth-order valence-corrected chi connectivity index (χ4v) is 5.07. The van der Waals surface area contributed by atoms with E-state index in [0.29, 0.717) is 47.6 Å². The molecule has 0 saturated carbocycles. The number of nitrogens with zero attached hydrogens (tertiary/aromatic N) is 1. The minimum Gasteiger partial charge on any atom is -0.496 e. The molecule has 0 radical (unpaired) electrons. The van der Waals surface area contributed by atoms with Gasteiger partial charge in [0, 0.05) is 23.6 Å². The van der Waals surface area contributed by atoms with E-state index in [1.54, 1.807) is 24.1 Å². The van der Waals surface area contributed by atoms with Crippen molar-refractivity contribution in [3.8, 4) is 11.5 Å². The second kappa shape index (κ2) is 13.8. The van der Waals surface area contributed by atoms with E-state index >= 15 is 0 Å². The first-order valence-electron chi connectivity index (χ1n) is 13.6. The summed E-state index contributed by atoms with van der Waals surface area (Å²) >= 11 is 0. The number of carbonyl (C=O) groups excluding carboxylic acids is 3. The van der Waals surface area contributed by atoms with Crippen LogP contribution in [0.4, 0.5) is 10.5 Å². The third-order valence-corrected chi connectivity index (χ3v) is 7.21. The Morgan fingerprint density at radius 2 is 1.90 bits per heavy atom. The first kappa shape index (κ1) is 29.7. The average molecular weight is 537 g/mol. The molecule has 0 aliphatic carbocycles. The van der Waals surface area contributed by atoms with Gasteiger partial charge in [-0.3, -0.25) is 9.69 Å². The molecule has 0 saturated heterocycles. The van der Waals surface area contributed by atoms with E-state index in [1.165, 1.54) is 0 Å². The van der Waals surface area contributed by atoms with Crippen LogP contribution in [0.15, 0.2) is 42.0 Å². The number of methoxy groups -OCH3 is 1. The van der Waals surface area contributed by atoms with Gasteiger partial charge in [0.05, 0.1) is 18.4 Å². The number of primary amides is 1. The Morgan fingerprint density at radius 1 is 1.18 bits per heavy atom. The van der Waals surface area contributed by atoms with Crippen LogP contribution in [0, 0.1) is 6.92 Å². The van der Waals surface area contributed by atoms with E-state index in [4.69, 9.17) is 19.9 Å². The second-order valence-corrected chi connectivity index (χ2v) is 9.87. The van der Waals surface area contributed by atoms with Crippen LogP contribution in [-0.4, -0.2) is 31.1 Å². The van der Waals surface area contributed by atoms with E-state index in [1.807, 2.05) is 45.0 Å². The van der Waals surface area contributed by atoms with Crippen molar-refractivity contribution in [2.24, 2.45) is 5.73 Å². The number of hydrogen-bond acceptors (Lipinski definition) is 6. The van der Waals surface area contributed by atoms with E-state index in [-0.39, 0.29) is 25.0 Å². The molecule has 2 amide bonds. The van der Waals surface area contributed by atoms with Crippen molar-refractivity contribution < 1.29 is 28.6 Å². The Morgan fingerprint density at radius 3 is 2.51 bits per heavy atom. The molecular weight excluding hydrogens is 496 g/mol. The number of urea groups is 1. The fourth-order valence-electron chi connectivity index (χ4n) is 5.07. The van der Waals surface area contributed by atoms with Crippen LogP contribution < -0.4 is 20.1 Å². The van der Waals surface area contributed by atoms with E-state index < -0.39 is 12.0 Å². The standard InChI is InChI=1S/C31H40N2O6/c1-6-8-12-22(7-2)33(31(32)36)28-24(29(37-5)21(4)25-19-38-30(35)27(25)28)17-15-20(3)16-18-26(34)39-23-13-10-9-11-14-23/h9-11,13-15,22H,6-8,12,16-19H2,1-5H3,(H2,32,36). The summed E-state index contributed by atoms with van der Waals surface area (Å²) < 4.78 is 16.7. The molecule has 1 aliphatic heterocycles. The van der Waals surface area contributed by atoms with Gasteiger partial charge in [-0.25, -0.2) is 9.59 Å². The summed E-state index contributed by atoms with van der Waals surface area (Å²) in [7, 11) is 1.58. The first-order chi connectivity index (χ1) is 18.7. The molecule has 2 N–H and O–H groups in total. The molecule has 2 aromatic rings. The third kappa shape index (κ3) is 6.99. The molecule has 3 rings (SSSR count). The Balaban J connectivity index is 1.98. The lowest BCUT2D eigenvalue weighted by molar-refractivity contribution is -0.134. The van der Waals surface area contributed by atoms with Crippen LogP contribution >= 0.6 is 0 Å². The molecular formula is C31H40N2O6. The molecule has 8 heteroatoms. The fraction of sp³-hybridized carbons (Fsp3) is 0.452. The van der Waals surface area contributed by atoms with Crippen LogP contribution in [-0.2, 0) is 22.6 Å². The molecule has 210 valence electrons. The van der Waals surface area contributed by atoms with Crippen LogP contribution in [0.2, 0.25) is 0 Å². The molecule has 1 heterocycles. The van der Waals surface area contributed by atoms with Gasteiger partial charge in [-0.05, 0) is 57.2 Å². The molecule has 1 aliphatic rings. The van der Waals surface area contributed by atoms with Crippen molar-refractivity contribution in [3.05, 3.63) is 64.2 Å². The van der Waals surface area contributed by atoms with Crippen molar-refractivity contribution in [1.29, 1.82) is 0 Å². The quantitative estimate of drug-likeness (QED) is 0.180. The lowest BCUT2D eigenvalue weighted by atomic mass is 9.91. The molecule has 2 aromatic carbocycles. The van der Waals surface area contributed by atoms with Crippen LogP contribution in [0.25, 0.3) is 0 Å². The minimum atomic E-state index is -0.614. The number of nitrogens with two attached hydrogens (primary N) is 1. The lowest BCUT2D eigenvalue weighted by Crippen LogP contribution is -2.45. The Hall–Kier alpha value is -3.81. The number of allylic oxidation sites excluding steroid dienone is 2. The molecule has 8 nitrogen and oxygen atoms in total. The zero-order chi connectivity index (χ0) is 28.5. The highest BCUT2D eigenvalue weighted by atomic mass is 16.5. The number of cyclic esters (lactones) is 1. The van der Waals surface area contributed by atoms with Gasteiger partial charge in [0.15, 0.2) is 0 Å². The maximum absolute atomic E-state index is 13.0. The summed E-state index contributed by atoms with van der Waals surface area (Å²) in [5.41, 5.74) is 10.0. The number of esters is 2. The van der Waals surface area contributed by atoms with E-state index in [2.05, 4.69) is 6.92 Å². The number of amides is 2. The van der Waals surface area contributed by atoms with Gasteiger partial charge in [0.25, 0.3) is 0 Å². The largest absolute Gasteiger partial charge is 0.496 e. The highest BCUT2D eigenvalue weighted by Crippen LogP contribution is 2.44. The number of ether oxygens (including phenoxy) is 3. The molecule has 0 spiro atoms. The second-order valence-electron chi connectivity index (χ2n) is 9.87. The SMILES string of the molecule is CCCCC(CC)N(C(N)=O)c1c(CC=C(C)CCC(=O)Oc2ccccc2)c(OC)c(C)c2c1C(=O)OC2. The first-order valence-corrected chi connectivity index (χ1v) is 13.6. The van der Waals surface area contributed by atoms with E-state index in [9.17, 15) is 14.4 Å². The van der Waals surface area contributed by atoms with Crippen molar-refractivity contribution in [2.45, 2.75) is 85.3 Å². The van der Waals surface area contributed by atoms with Gasteiger partial charge < -0.3 is 19.9 Å². The van der Waals surface area contributed by atoms with Gasteiger partial charge >= 0.3 is 18.0 Å². The number of para-hydroxylation sites is 1. The predicted molar refractivity (Wildman–Crippen MR) is 151 cm³/mol. The molecule has 0 aromatic heterocycles. The van der Waals surface area contributed by atoms with E-state index in [0.717, 1.165) is 36.0 Å². The minimum absolute atomic E-state index is 0.125. The molecule has 0 bridgehead atoms. The smallest absolute Gasteiger partial charge is 0.341 e. The normalized spacial score (nSPS) is 13.5. The number of unbranched alkanes of at least 4 members (excludes halogenated alkanes) is 1. The molecule has 39 heavy (non-hydrogen) atoms. The Labute approximate surface area is 231 Å². The predicted octanol–water partition coefficient (Wildman–Crippen LogP) is 6.40. The number of rotatable bonds is 13. The number of anilines is 1. The van der Waals surface area contributed by atoms with Crippen molar-refractivity contribution in [1.82, 2.24) is 0 Å². The maximum Gasteiger partial charge on any atom is 0.341 e. The van der Waals surface area contributed by atoms with Gasteiger partial charge in [0.2, 0.25) is 0 Å². The Kier molecular flexibility index (Phi) is 10.5. The summed E-state index contributed by atoms with van der Waals surface area (Å²) in [5, 5.41) is 0. The van der Waals surface area contributed by atoms with Crippen LogP contribution in [0.1, 0.15) is 86.3 Å². The maximum atomic E-state index is 13.0. The summed E-state index contributed by atoms with van der Waals surface area (Å²) in [6.45, 7) is 8.07. The highest BCUT2D eigenvalue weighted by molar-refractivity contribution is 6.06.